The van der Waals surface area contributed by atoms with Gasteiger partial charge in [0.15, 0.2) is 11.5 Å². The summed E-state index contributed by atoms with van der Waals surface area (Å²) >= 11 is 6.18. The van der Waals surface area contributed by atoms with Crippen LogP contribution < -0.4 is 19.1 Å². The summed E-state index contributed by atoms with van der Waals surface area (Å²) in [6.45, 7) is 2.15. The van der Waals surface area contributed by atoms with Gasteiger partial charge in [0.2, 0.25) is 0 Å². The number of benzene rings is 3. The van der Waals surface area contributed by atoms with Crippen LogP contribution in [0.1, 0.15) is 24.1 Å². The number of methoxy groups -OCH3 is 2. The molecule has 9 heteroatoms. The molecule has 1 aliphatic heterocycles. The van der Waals surface area contributed by atoms with Crippen molar-refractivity contribution >= 4 is 34.7 Å². The Kier molecular flexibility index (Phi) is 7.17. The van der Waals surface area contributed by atoms with Crippen molar-refractivity contribution in [1.29, 1.82) is 0 Å². The van der Waals surface area contributed by atoms with Gasteiger partial charge < -0.3 is 19.3 Å². The normalized spacial score (nSPS) is 16.8. The lowest BCUT2D eigenvalue weighted by Crippen LogP contribution is -2.29. The molecular formula is C27H23ClFNO6. The average molecular weight is 512 g/mol. The summed E-state index contributed by atoms with van der Waals surface area (Å²) in [5, 5.41) is 11.7. The number of aliphatic hydroxyl groups excluding tert-OH is 1. The summed E-state index contributed by atoms with van der Waals surface area (Å²) in [6.07, 6.45) is 0. The number of anilines is 1. The van der Waals surface area contributed by atoms with Crippen LogP contribution in [0.4, 0.5) is 10.1 Å². The van der Waals surface area contributed by atoms with Crippen LogP contribution in [0, 0.1) is 5.82 Å². The van der Waals surface area contributed by atoms with Gasteiger partial charge in [-0.25, -0.2) is 4.39 Å². The highest BCUT2D eigenvalue weighted by Crippen LogP contribution is 2.45. The van der Waals surface area contributed by atoms with Gasteiger partial charge in [-0.2, -0.15) is 0 Å². The molecule has 3 aromatic rings. The number of ketones is 1. The monoisotopic (exact) mass is 511 g/mol. The van der Waals surface area contributed by atoms with Crippen LogP contribution >= 0.6 is 11.6 Å². The van der Waals surface area contributed by atoms with E-state index in [4.69, 9.17) is 25.8 Å². The lowest BCUT2D eigenvalue weighted by Gasteiger charge is -2.26. The highest BCUT2D eigenvalue weighted by Gasteiger charge is 2.47. The van der Waals surface area contributed by atoms with E-state index in [1.807, 2.05) is 0 Å². The number of halogens is 2. The van der Waals surface area contributed by atoms with E-state index in [0.717, 1.165) is 12.1 Å². The molecule has 1 atom stereocenters. The molecule has 1 fully saturated rings. The Bertz CT molecular complexity index is 1370. The minimum Gasteiger partial charge on any atom is -0.507 e. The molecule has 0 saturated carbocycles. The van der Waals surface area contributed by atoms with E-state index in [0.29, 0.717) is 34.4 Å². The first-order valence-electron chi connectivity index (χ1n) is 11.0. The van der Waals surface area contributed by atoms with Crippen LogP contribution in [0.25, 0.3) is 5.76 Å². The third-order valence-corrected chi connectivity index (χ3v) is 5.99. The van der Waals surface area contributed by atoms with Crippen molar-refractivity contribution in [2.75, 3.05) is 25.7 Å². The molecule has 36 heavy (non-hydrogen) atoms. The fourth-order valence-corrected chi connectivity index (χ4v) is 4.37. The lowest BCUT2D eigenvalue weighted by atomic mass is 9.94. The van der Waals surface area contributed by atoms with E-state index in [-0.39, 0.29) is 16.9 Å². The maximum atomic E-state index is 14.1. The molecule has 0 aromatic heterocycles. The van der Waals surface area contributed by atoms with Crippen LogP contribution in [0.2, 0.25) is 5.02 Å². The largest absolute Gasteiger partial charge is 0.507 e. The first kappa shape index (κ1) is 25.1. The third kappa shape index (κ3) is 4.47. The first-order valence-corrected chi connectivity index (χ1v) is 11.4. The molecule has 7 nitrogen and oxygen atoms in total. The number of nitrogens with zero attached hydrogens (tertiary/aromatic N) is 1. The number of aliphatic hydroxyl groups is 1. The molecule has 1 unspecified atom stereocenters. The molecule has 4 rings (SSSR count). The number of rotatable bonds is 7. The lowest BCUT2D eigenvalue weighted by molar-refractivity contribution is -0.132. The molecule has 1 heterocycles. The molecule has 0 radical (unpaired) electrons. The van der Waals surface area contributed by atoms with Gasteiger partial charge in [0, 0.05) is 10.7 Å². The first-order chi connectivity index (χ1) is 17.3. The summed E-state index contributed by atoms with van der Waals surface area (Å²) in [5.41, 5.74) is 0.491. The molecule has 0 aliphatic carbocycles. The summed E-state index contributed by atoms with van der Waals surface area (Å²) in [4.78, 5) is 27.9. The van der Waals surface area contributed by atoms with E-state index in [1.54, 1.807) is 43.3 Å². The smallest absolute Gasteiger partial charge is 0.300 e. The highest BCUT2D eigenvalue weighted by molar-refractivity contribution is 6.51. The summed E-state index contributed by atoms with van der Waals surface area (Å²) in [5.74, 6) is -2.09. The van der Waals surface area contributed by atoms with Gasteiger partial charge in [-0.3, -0.25) is 14.5 Å². The van der Waals surface area contributed by atoms with Crippen molar-refractivity contribution < 1.29 is 33.3 Å². The predicted molar refractivity (Wildman–Crippen MR) is 133 cm³/mol. The maximum Gasteiger partial charge on any atom is 0.300 e. The SMILES string of the molecule is CCOc1cc(C2/C(=C(\O)c3cc(F)ccc3OC)C(=O)C(=O)N2c2cccc(Cl)c2)ccc1OC. The summed E-state index contributed by atoms with van der Waals surface area (Å²) in [7, 11) is 2.84. The molecule has 0 bridgehead atoms. The van der Waals surface area contributed by atoms with Gasteiger partial charge in [0.1, 0.15) is 17.3 Å². The number of Topliss-reactive ketones (excluding diaryl/α,β-unsaturated/α-hetero) is 1. The second kappa shape index (κ2) is 10.3. The summed E-state index contributed by atoms with van der Waals surface area (Å²) in [6, 6.07) is 13.8. The number of amides is 1. The Morgan fingerprint density at radius 1 is 1.00 bits per heavy atom. The van der Waals surface area contributed by atoms with Crippen LogP contribution in [-0.4, -0.2) is 37.6 Å². The van der Waals surface area contributed by atoms with Gasteiger partial charge >= 0.3 is 0 Å². The van der Waals surface area contributed by atoms with Crippen LogP contribution in [0.5, 0.6) is 17.2 Å². The summed E-state index contributed by atoms with van der Waals surface area (Å²) < 4.78 is 30.5. The van der Waals surface area contributed by atoms with E-state index in [9.17, 15) is 19.1 Å². The topological polar surface area (TPSA) is 85.3 Å². The number of carbonyl (C=O) groups excluding carboxylic acids is 2. The Morgan fingerprint density at radius 3 is 2.39 bits per heavy atom. The second-order valence-corrected chi connectivity index (χ2v) is 8.27. The third-order valence-electron chi connectivity index (χ3n) is 5.75. The van der Waals surface area contributed by atoms with Gasteiger partial charge in [0.05, 0.1) is 38.0 Å². The van der Waals surface area contributed by atoms with Crippen molar-refractivity contribution in [2.45, 2.75) is 13.0 Å². The number of hydrogen-bond acceptors (Lipinski definition) is 6. The number of carbonyl (C=O) groups is 2. The van der Waals surface area contributed by atoms with Crippen molar-refractivity contribution in [2.24, 2.45) is 0 Å². The molecule has 1 amide bonds. The molecule has 186 valence electrons. The Morgan fingerprint density at radius 2 is 1.72 bits per heavy atom. The number of hydrogen-bond donors (Lipinski definition) is 1. The minimum atomic E-state index is -1.08. The van der Waals surface area contributed by atoms with Crippen molar-refractivity contribution in [3.63, 3.8) is 0 Å². The van der Waals surface area contributed by atoms with Crippen molar-refractivity contribution in [3.8, 4) is 17.2 Å². The fraction of sp³-hybridized carbons (Fsp3) is 0.185. The molecule has 1 aliphatic rings. The van der Waals surface area contributed by atoms with Gasteiger partial charge in [0.25, 0.3) is 11.7 Å². The zero-order chi connectivity index (χ0) is 26.0. The van der Waals surface area contributed by atoms with E-state index in [2.05, 4.69) is 0 Å². The quantitative estimate of drug-likeness (QED) is 0.255. The van der Waals surface area contributed by atoms with Crippen LogP contribution in [0.3, 0.4) is 0 Å². The highest BCUT2D eigenvalue weighted by atomic mass is 35.5. The molecule has 0 spiro atoms. The second-order valence-electron chi connectivity index (χ2n) is 7.84. The number of ether oxygens (including phenoxy) is 3. The van der Waals surface area contributed by atoms with E-state index in [1.165, 1.54) is 31.3 Å². The van der Waals surface area contributed by atoms with E-state index < -0.39 is 29.3 Å². The standard InChI is InChI=1S/C27H23ClFNO6/c1-4-36-22-12-15(8-10-21(22)35-3)24-23(25(31)19-14-17(29)9-11-20(19)34-2)26(32)27(33)30(24)18-7-5-6-16(28)13-18/h5-14,24,31H,4H2,1-3H3/b25-23+. The van der Waals surface area contributed by atoms with E-state index >= 15 is 0 Å². The predicted octanol–water partition coefficient (Wildman–Crippen LogP) is 5.52. The Labute approximate surface area is 212 Å². The Balaban J connectivity index is 2.01. The molecule has 1 N–H and O–H groups in total. The van der Waals surface area contributed by atoms with Crippen LogP contribution in [-0.2, 0) is 9.59 Å². The van der Waals surface area contributed by atoms with Crippen LogP contribution in [0.15, 0.2) is 66.2 Å². The Hall–Kier alpha value is -4.04. The zero-order valence-electron chi connectivity index (χ0n) is 19.7. The minimum absolute atomic E-state index is 0.0647. The zero-order valence-corrected chi connectivity index (χ0v) is 20.5. The van der Waals surface area contributed by atoms with Gasteiger partial charge in [-0.1, -0.05) is 23.7 Å². The fourth-order valence-electron chi connectivity index (χ4n) is 4.18. The van der Waals surface area contributed by atoms with Crippen molar-refractivity contribution in [1.82, 2.24) is 0 Å². The van der Waals surface area contributed by atoms with Gasteiger partial charge in [-0.15, -0.1) is 0 Å². The molecule has 1 saturated heterocycles. The maximum absolute atomic E-state index is 14.1. The average Bonchev–Trinajstić information content (AvgIpc) is 3.14. The molecular weight excluding hydrogens is 489 g/mol. The molecule has 3 aromatic carbocycles. The van der Waals surface area contributed by atoms with Crippen molar-refractivity contribution in [3.05, 3.63) is 88.2 Å². The van der Waals surface area contributed by atoms with Gasteiger partial charge in [-0.05, 0) is 61.0 Å².